The molecule has 1 saturated heterocycles. The fourth-order valence-corrected chi connectivity index (χ4v) is 3.43. The van der Waals surface area contributed by atoms with Gasteiger partial charge in [0, 0.05) is 44.5 Å². The molecule has 2 N–H and O–H groups in total. The molecule has 0 bridgehead atoms. The van der Waals surface area contributed by atoms with Crippen molar-refractivity contribution < 1.29 is 9.53 Å². The maximum absolute atomic E-state index is 12.1. The highest BCUT2D eigenvalue weighted by molar-refractivity contribution is 14.0. The van der Waals surface area contributed by atoms with E-state index in [4.69, 9.17) is 4.74 Å². The van der Waals surface area contributed by atoms with Crippen LogP contribution < -0.4 is 10.6 Å². The first-order valence-electron chi connectivity index (χ1n) is 10.6. The van der Waals surface area contributed by atoms with Crippen LogP contribution in [0.1, 0.15) is 29.3 Å². The molecule has 2 aromatic rings. The van der Waals surface area contributed by atoms with E-state index in [1.807, 2.05) is 18.2 Å². The normalized spacial score (nSPS) is 16.0. The quantitative estimate of drug-likeness (QED) is 0.223. The number of nitrogens with one attached hydrogen (secondary N) is 2. The molecular formula is C23H32IN5O2. The SMILES string of the molecule is CCNC(=NCCNC(=O)c1cccnc1)N1CCC(COCc2ccccc2)C1.I. The highest BCUT2D eigenvalue weighted by Gasteiger charge is 2.25. The van der Waals surface area contributed by atoms with Crippen LogP contribution in [-0.2, 0) is 11.3 Å². The summed E-state index contributed by atoms with van der Waals surface area (Å²) in [6, 6.07) is 13.8. The van der Waals surface area contributed by atoms with Crippen LogP contribution in [0.3, 0.4) is 0 Å². The average molecular weight is 537 g/mol. The lowest BCUT2D eigenvalue weighted by atomic mass is 10.1. The first-order valence-corrected chi connectivity index (χ1v) is 10.6. The Labute approximate surface area is 201 Å². The standard InChI is InChI=1S/C23H31N5O2.HI/c1-2-25-23(27-13-12-26-22(29)21-9-6-11-24-15-21)28-14-10-20(16-28)18-30-17-19-7-4-3-5-8-19;/h3-9,11,15,20H,2,10,12-14,16-18H2,1H3,(H,25,27)(H,26,29);1H. The van der Waals surface area contributed by atoms with E-state index in [0.717, 1.165) is 38.6 Å². The van der Waals surface area contributed by atoms with Crippen molar-refractivity contribution in [3.63, 3.8) is 0 Å². The van der Waals surface area contributed by atoms with Crippen molar-refractivity contribution in [1.82, 2.24) is 20.5 Å². The number of hydrogen-bond acceptors (Lipinski definition) is 4. The third-order valence-corrected chi connectivity index (χ3v) is 4.97. The van der Waals surface area contributed by atoms with Gasteiger partial charge in [-0.05, 0) is 31.0 Å². The van der Waals surface area contributed by atoms with Gasteiger partial charge in [0.15, 0.2) is 5.96 Å². The van der Waals surface area contributed by atoms with Crippen LogP contribution in [0.25, 0.3) is 0 Å². The van der Waals surface area contributed by atoms with Crippen LogP contribution >= 0.6 is 24.0 Å². The molecule has 0 radical (unpaired) electrons. The summed E-state index contributed by atoms with van der Waals surface area (Å²) in [6.45, 7) is 7.20. The van der Waals surface area contributed by atoms with Crippen LogP contribution in [-0.4, -0.2) is 61.1 Å². The fourth-order valence-electron chi connectivity index (χ4n) is 3.43. The second-order valence-electron chi connectivity index (χ2n) is 7.33. The molecule has 1 aliphatic rings. The zero-order valence-electron chi connectivity index (χ0n) is 18.0. The third-order valence-electron chi connectivity index (χ3n) is 4.97. The zero-order chi connectivity index (χ0) is 21.0. The number of ether oxygens (including phenoxy) is 1. The molecule has 1 amide bonds. The number of nitrogens with zero attached hydrogens (tertiary/aromatic N) is 3. The Hall–Kier alpha value is -2.20. The number of carbonyl (C=O) groups excluding carboxylic acids is 1. The number of aliphatic imine (C=N–C) groups is 1. The van der Waals surface area contributed by atoms with Crippen LogP contribution in [0.4, 0.5) is 0 Å². The molecule has 1 unspecified atom stereocenters. The smallest absolute Gasteiger partial charge is 0.252 e. The van der Waals surface area contributed by atoms with Gasteiger partial charge in [0.1, 0.15) is 0 Å². The molecule has 168 valence electrons. The third kappa shape index (κ3) is 8.45. The minimum atomic E-state index is -0.125. The van der Waals surface area contributed by atoms with Crippen molar-refractivity contribution in [2.75, 3.05) is 39.3 Å². The first kappa shape index (κ1) is 25.1. The van der Waals surface area contributed by atoms with E-state index in [-0.39, 0.29) is 29.9 Å². The number of guanidine groups is 1. The van der Waals surface area contributed by atoms with E-state index >= 15 is 0 Å². The van der Waals surface area contributed by atoms with Gasteiger partial charge in [-0.3, -0.25) is 14.8 Å². The molecule has 2 heterocycles. The maximum Gasteiger partial charge on any atom is 0.252 e. The van der Waals surface area contributed by atoms with E-state index < -0.39 is 0 Å². The van der Waals surface area contributed by atoms with E-state index in [2.05, 4.69) is 44.6 Å². The number of likely N-dealkylation sites (tertiary alicyclic amines) is 1. The van der Waals surface area contributed by atoms with Gasteiger partial charge >= 0.3 is 0 Å². The number of pyridine rings is 1. The molecule has 0 spiro atoms. The number of rotatable bonds is 9. The van der Waals surface area contributed by atoms with Crippen LogP contribution in [0.5, 0.6) is 0 Å². The van der Waals surface area contributed by atoms with E-state index in [9.17, 15) is 4.79 Å². The number of aromatic nitrogens is 1. The monoisotopic (exact) mass is 537 g/mol. The molecule has 31 heavy (non-hydrogen) atoms. The molecule has 1 aliphatic heterocycles. The Morgan fingerprint density at radius 3 is 2.81 bits per heavy atom. The first-order chi connectivity index (χ1) is 14.8. The van der Waals surface area contributed by atoms with Gasteiger partial charge in [0.25, 0.3) is 5.91 Å². The lowest BCUT2D eigenvalue weighted by Gasteiger charge is -2.21. The molecule has 1 aromatic carbocycles. The Morgan fingerprint density at radius 2 is 2.06 bits per heavy atom. The summed E-state index contributed by atoms with van der Waals surface area (Å²) in [4.78, 5) is 23.0. The van der Waals surface area contributed by atoms with Gasteiger partial charge in [0.2, 0.25) is 0 Å². The van der Waals surface area contributed by atoms with Gasteiger partial charge in [-0.2, -0.15) is 0 Å². The molecule has 1 atom stereocenters. The number of halogens is 1. The molecular weight excluding hydrogens is 505 g/mol. The summed E-state index contributed by atoms with van der Waals surface area (Å²) in [5.74, 6) is 1.28. The minimum Gasteiger partial charge on any atom is -0.376 e. The topological polar surface area (TPSA) is 78.8 Å². The van der Waals surface area contributed by atoms with E-state index in [1.165, 1.54) is 5.56 Å². The molecule has 0 saturated carbocycles. The Bertz CT molecular complexity index is 804. The number of benzene rings is 1. The van der Waals surface area contributed by atoms with Crippen molar-refractivity contribution in [3.8, 4) is 0 Å². The predicted molar refractivity (Wildman–Crippen MR) is 134 cm³/mol. The molecule has 1 aromatic heterocycles. The van der Waals surface area contributed by atoms with Crippen LogP contribution in [0.15, 0.2) is 59.9 Å². The number of carbonyl (C=O) groups is 1. The molecule has 3 rings (SSSR count). The summed E-state index contributed by atoms with van der Waals surface area (Å²) < 4.78 is 5.92. The lowest BCUT2D eigenvalue weighted by molar-refractivity contribution is 0.0906. The zero-order valence-corrected chi connectivity index (χ0v) is 20.3. The summed E-state index contributed by atoms with van der Waals surface area (Å²) in [7, 11) is 0. The Balaban J connectivity index is 0.00000341. The Morgan fingerprint density at radius 1 is 1.23 bits per heavy atom. The summed E-state index contributed by atoms with van der Waals surface area (Å²) in [5.41, 5.74) is 1.77. The summed E-state index contributed by atoms with van der Waals surface area (Å²) in [5, 5.41) is 6.25. The molecule has 7 nitrogen and oxygen atoms in total. The molecule has 8 heteroatoms. The van der Waals surface area contributed by atoms with Crippen LogP contribution in [0.2, 0.25) is 0 Å². The lowest BCUT2D eigenvalue weighted by Crippen LogP contribution is -2.40. The van der Waals surface area contributed by atoms with Crippen molar-refractivity contribution in [1.29, 1.82) is 0 Å². The van der Waals surface area contributed by atoms with Crippen molar-refractivity contribution in [3.05, 3.63) is 66.0 Å². The highest BCUT2D eigenvalue weighted by Crippen LogP contribution is 2.17. The second kappa shape index (κ2) is 14.0. The van der Waals surface area contributed by atoms with Crippen molar-refractivity contribution >= 4 is 35.8 Å². The minimum absolute atomic E-state index is 0. The van der Waals surface area contributed by atoms with Gasteiger partial charge in [-0.1, -0.05) is 30.3 Å². The van der Waals surface area contributed by atoms with Crippen molar-refractivity contribution in [2.24, 2.45) is 10.9 Å². The molecule has 1 fully saturated rings. The van der Waals surface area contributed by atoms with E-state index in [0.29, 0.717) is 31.2 Å². The predicted octanol–water partition coefficient (Wildman–Crippen LogP) is 2.93. The molecule has 0 aliphatic carbocycles. The van der Waals surface area contributed by atoms with Crippen molar-refractivity contribution in [2.45, 2.75) is 20.0 Å². The number of hydrogen-bond donors (Lipinski definition) is 2. The van der Waals surface area contributed by atoms with Gasteiger partial charge < -0.3 is 20.3 Å². The van der Waals surface area contributed by atoms with Gasteiger partial charge in [-0.25, -0.2) is 0 Å². The largest absolute Gasteiger partial charge is 0.376 e. The average Bonchev–Trinajstić information content (AvgIpc) is 3.26. The Kier molecular flexibility index (Phi) is 11.3. The van der Waals surface area contributed by atoms with Gasteiger partial charge in [-0.15, -0.1) is 24.0 Å². The van der Waals surface area contributed by atoms with Crippen LogP contribution in [0, 0.1) is 5.92 Å². The van der Waals surface area contributed by atoms with Gasteiger partial charge in [0.05, 0.1) is 25.3 Å². The second-order valence-corrected chi connectivity index (χ2v) is 7.33. The van der Waals surface area contributed by atoms with E-state index in [1.54, 1.807) is 24.5 Å². The number of amides is 1. The fraction of sp³-hybridized carbons (Fsp3) is 0.435. The summed E-state index contributed by atoms with van der Waals surface area (Å²) in [6.07, 6.45) is 4.31. The highest BCUT2D eigenvalue weighted by atomic mass is 127. The maximum atomic E-state index is 12.1. The summed E-state index contributed by atoms with van der Waals surface area (Å²) >= 11 is 0.